The Kier molecular flexibility index (Phi) is 4.25. The summed E-state index contributed by atoms with van der Waals surface area (Å²) in [5.41, 5.74) is 2.11. The molecule has 1 fully saturated rings. The first-order chi connectivity index (χ1) is 13.2. The van der Waals surface area contributed by atoms with Crippen molar-refractivity contribution in [3.63, 3.8) is 0 Å². The van der Waals surface area contributed by atoms with E-state index in [0.29, 0.717) is 11.7 Å². The fourth-order valence-electron chi connectivity index (χ4n) is 5.86. The maximum atomic E-state index is 12.7. The predicted molar refractivity (Wildman–Crippen MR) is 104 cm³/mol. The molecule has 1 saturated carbocycles. The lowest BCUT2D eigenvalue weighted by molar-refractivity contribution is -0.137. The number of furan rings is 1. The minimum Gasteiger partial charge on any atom is -0.465 e. The Morgan fingerprint density at radius 2 is 1.86 bits per heavy atom. The average molecular weight is 382 g/mol. The lowest BCUT2D eigenvalue weighted by Gasteiger charge is -2.53. The summed E-state index contributed by atoms with van der Waals surface area (Å²) in [6.45, 7) is 6.97. The van der Waals surface area contributed by atoms with Gasteiger partial charge in [0.15, 0.2) is 11.6 Å². The third-order valence-corrected chi connectivity index (χ3v) is 7.17. The third-order valence-electron chi connectivity index (χ3n) is 7.17. The second kappa shape index (κ2) is 6.29. The number of rotatable bonds is 2. The van der Waals surface area contributed by atoms with Crippen LogP contribution in [0.15, 0.2) is 28.4 Å². The van der Waals surface area contributed by atoms with Crippen molar-refractivity contribution < 1.29 is 23.5 Å². The molecule has 1 heterocycles. The Morgan fingerprint density at radius 1 is 1.14 bits per heavy atom. The molecule has 2 atom stereocenters. The van der Waals surface area contributed by atoms with Gasteiger partial charge in [-0.25, -0.2) is 4.79 Å². The molecule has 0 unspecified atom stereocenters. The van der Waals surface area contributed by atoms with Crippen LogP contribution in [0.25, 0.3) is 5.57 Å². The van der Waals surface area contributed by atoms with Gasteiger partial charge in [-0.2, -0.15) is 0 Å². The summed E-state index contributed by atoms with van der Waals surface area (Å²) in [7, 11) is 1.20. The van der Waals surface area contributed by atoms with E-state index in [1.54, 1.807) is 6.26 Å². The number of ether oxygens (including phenoxy) is 1. The van der Waals surface area contributed by atoms with Crippen LogP contribution in [0.5, 0.6) is 0 Å². The molecule has 0 radical (unpaired) electrons. The number of esters is 1. The molecule has 0 spiro atoms. The van der Waals surface area contributed by atoms with Gasteiger partial charge >= 0.3 is 5.97 Å². The highest BCUT2D eigenvalue weighted by atomic mass is 16.5. The van der Waals surface area contributed by atoms with Crippen LogP contribution in [0.2, 0.25) is 0 Å². The molecule has 0 amide bonds. The molecule has 0 aliphatic heterocycles. The van der Waals surface area contributed by atoms with Gasteiger partial charge in [0.25, 0.3) is 0 Å². The first kappa shape index (κ1) is 18.9. The van der Waals surface area contributed by atoms with Gasteiger partial charge in [0.2, 0.25) is 0 Å². The van der Waals surface area contributed by atoms with Gasteiger partial charge < -0.3 is 9.15 Å². The fourth-order valence-corrected chi connectivity index (χ4v) is 5.86. The molecule has 1 aromatic heterocycles. The molecule has 148 valence electrons. The van der Waals surface area contributed by atoms with Crippen LogP contribution in [0, 0.1) is 11.3 Å². The molecule has 0 bridgehead atoms. The van der Waals surface area contributed by atoms with Crippen LogP contribution in [0.3, 0.4) is 0 Å². The summed E-state index contributed by atoms with van der Waals surface area (Å²) in [4.78, 5) is 37.3. The van der Waals surface area contributed by atoms with E-state index in [-0.39, 0.29) is 22.0 Å². The minimum absolute atomic E-state index is 0.0271. The summed E-state index contributed by atoms with van der Waals surface area (Å²) in [6, 6.07) is 0. The fraction of sp³-hybridized carbons (Fsp3) is 0.522. The van der Waals surface area contributed by atoms with E-state index < -0.39 is 17.5 Å². The summed E-state index contributed by atoms with van der Waals surface area (Å²) in [5, 5.41) is 0. The van der Waals surface area contributed by atoms with E-state index in [1.165, 1.54) is 19.6 Å². The van der Waals surface area contributed by atoms with Crippen LogP contribution < -0.4 is 0 Å². The number of allylic oxidation sites excluding steroid dienone is 3. The molecule has 1 aromatic rings. The standard InChI is InChI=1S/C23H26O5/c1-22(2)10-5-11-23(3)14-12-28-20(13(14)6-9-17(22)23)18-15(24)7-8-16(25)19(18)21(26)27-4/h7-8,12,17H,5-6,9-11H2,1-4H3/t17-,23+/m0/s1. The predicted octanol–water partition coefficient (Wildman–Crippen LogP) is 3.94. The molecule has 0 saturated heterocycles. The lowest BCUT2D eigenvalue weighted by atomic mass is 9.50. The normalized spacial score (nSPS) is 28.8. The molecule has 0 aromatic carbocycles. The highest BCUT2D eigenvalue weighted by molar-refractivity contribution is 6.42. The monoisotopic (exact) mass is 382 g/mol. The van der Waals surface area contributed by atoms with E-state index in [9.17, 15) is 14.4 Å². The zero-order chi connectivity index (χ0) is 20.3. The van der Waals surface area contributed by atoms with Gasteiger partial charge in [-0.05, 0) is 54.6 Å². The summed E-state index contributed by atoms with van der Waals surface area (Å²) in [6.07, 6.45) is 9.28. The van der Waals surface area contributed by atoms with Crippen LogP contribution in [0.1, 0.15) is 63.3 Å². The first-order valence-corrected chi connectivity index (χ1v) is 9.91. The zero-order valence-electron chi connectivity index (χ0n) is 16.9. The number of hydrogen-bond donors (Lipinski definition) is 0. The zero-order valence-corrected chi connectivity index (χ0v) is 16.9. The van der Waals surface area contributed by atoms with Gasteiger partial charge in [0.05, 0.1) is 18.9 Å². The maximum absolute atomic E-state index is 12.7. The van der Waals surface area contributed by atoms with E-state index in [4.69, 9.17) is 9.15 Å². The molecule has 3 aliphatic rings. The molecule has 3 aliphatic carbocycles. The largest absolute Gasteiger partial charge is 0.465 e. The Morgan fingerprint density at radius 3 is 2.57 bits per heavy atom. The van der Waals surface area contributed by atoms with Crippen molar-refractivity contribution in [2.45, 2.75) is 58.3 Å². The van der Waals surface area contributed by atoms with Crippen molar-refractivity contribution in [1.29, 1.82) is 0 Å². The van der Waals surface area contributed by atoms with Crippen molar-refractivity contribution >= 4 is 23.1 Å². The molecular weight excluding hydrogens is 356 g/mol. The van der Waals surface area contributed by atoms with Gasteiger partial charge in [-0.3, -0.25) is 9.59 Å². The Balaban J connectivity index is 1.88. The quantitative estimate of drug-likeness (QED) is 0.440. The highest BCUT2D eigenvalue weighted by Gasteiger charge is 2.51. The summed E-state index contributed by atoms with van der Waals surface area (Å²) < 4.78 is 10.7. The van der Waals surface area contributed by atoms with Gasteiger partial charge in [0.1, 0.15) is 11.3 Å². The number of carbonyl (C=O) groups is 3. The van der Waals surface area contributed by atoms with Crippen LogP contribution in [-0.2, 0) is 31.0 Å². The maximum Gasteiger partial charge on any atom is 0.342 e. The van der Waals surface area contributed by atoms with E-state index in [2.05, 4.69) is 20.8 Å². The number of hydrogen-bond acceptors (Lipinski definition) is 5. The van der Waals surface area contributed by atoms with Crippen molar-refractivity contribution in [2.24, 2.45) is 11.3 Å². The summed E-state index contributed by atoms with van der Waals surface area (Å²) >= 11 is 0. The van der Waals surface area contributed by atoms with Crippen molar-refractivity contribution in [3.05, 3.63) is 40.9 Å². The van der Waals surface area contributed by atoms with Crippen molar-refractivity contribution in [3.8, 4) is 0 Å². The Bertz CT molecular complexity index is 942. The SMILES string of the molecule is COC(=O)C1=C(c2occ3c2CC[C@H]2C(C)(C)CCC[C@]32C)C(=O)C=CC1=O. The molecule has 5 heteroatoms. The Labute approximate surface area is 164 Å². The molecule has 28 heavy (non-hydrogen) atoms. The molecule has 5 nitrogen and oxygen atoms in total. The summed E-state index contributed by atoms with van der Waals surface area (Å²) in [5.74, 6) is -0.828. The third kappa shape index (κ3) is 2.55. The Hall–Kier alpha value is -2.43. The molecule has 4 rings (SSSR count). The van der Waals surface area contributed by atoms with Gasteiger partial charge in [-0.1, -0.05) is 27.2 Å². The van der Waals surface area contributed by atoms with Gasteiger partial charge in [-0.15, -0.1) is 0 Å². The number of ketones is 2. The molecule has 0 N–H and O–H groups in total. The second-order valence-electron chi connectivity index (χ2n) is 9.11. The minimum atomic E-state index is -0.804. The van der Waals surface area contributed by atoms with Crippen LogP contribution in [-0.4, -0.2) is 24.6 Å². The van der Waals surface area contributed by atoms with Crippen molar-refractivity contribution in [2.75, 3.05) is 7.11 Å². The average Bonchev–Trinajstić information content (AvgIpc) is 3.07. The second-order valence-corrected chi connectivity index (χ2v) is 9.11. The van der Waals surface area contributed by atoms with E-state index in [1.807, 2.05) is 0 Å². The van der Waals surface area contributed by atoms with Crippen LogP contribution >= 0.6 is 0 Å². The number of carbonyl (C=O) groups excluding carboxylic acids is 3. The molecular formula is C23H26O5. The van der Waals surface area contributed by atoms with Crippen molar-refractivity contribution in [1.82, 2.24) is 0 Å². The van der Waals surface area contributed by atoms with Gasteiger partial charge in [0, 0.05) is 11.1 Å². The lowest BCUT2D eigenvalue weighted by Crippen LogP contribution is -2.47. The van der Waals surface area contributed by atoms with E-state index in [0.717, 1.165) is 42.9 Å². The van der Waals surface area contributed by atoms with Crippen LogP contribution in [0.4, 0.5) is 0 Å². The number of methoxy groups -OCH3 is 1. The number of fused-ring (bicyclic) bond motifs is 3. The smallest absolute Gasteiger partial charge is 0.342 e. The topological polar surface area (TPSA) is 73.6 Å². The highest BCUT2D eigenvalue weighted by Crippen LogP contribution is 2.58. The first-order valence-electron chi connectivity index (χ1n) is 9.91. The van der Waals surface area contributed by atoms with E-state index >= 15 is 0 Å².